The van der Waals surface area contributed by atoms with Crippen LogP contribution in [-0.4, -0.2) is 40.5 Å². The molecular weight excluding hydrogens is 378 g/mol. The molecule has 0 saturated carbocycles. The minimum Gasteiger partial charge on any atom is -0.466 e. The van der Waals surface area contributed by atoms with Gasteiger partial charge in [0.15, 0.2) is 6.10 Å². The summed E-state index contributed by atoms with van der Waals surface area (Å²) in [5, 5.41) is -0.377. The third kappa shape index (κ3) is 4.14. The topological polar surface area (TPSA) is 76.8 Å². The third-order valence-electron chi connectivity index (χ3n) is 4.73. The third-order valence-corrected chi connectivity index (χ3v) is 6.01. The van der Waals surface area contributed by atoms with Crippen molar-refractivity contribution in [1.82, 2.24) is 4.90 Å². The molecule has 0 bridgehead atoms. The number of ketones is 1. The van der Waals surface area contributed by atoms with Gasteiger partial charge in [-0.1, -0.05) is 31.2 Å². The van der Waals surface area contributed by atoms with E-state index in [4.69, 9.17) is 9.15 Å². The van der Waals surface area contributed by atoms with E-state index in [0.29, 0.717) is 17.1 Å². The zero-order valence-corrected chi connectivity index (χ0v) is 16.9. The molecule has 0 unspecified atom stereocenters. The molecule has 0 aliphatic carbocycles. The van der Waals surface area contributed by atoms with Gasteiger partial charge in [0.1, 0.15) is 17.2 Å². The number of ether oxygens (including phenoxy) is 1. The first-order chi connectivity index (χ1) is 13.4. The van der Waals surface area contributed by atoms with Crippen molar-refractivity contribution < 1.29 is 23.5 Å². The molecule has 1 aromatic heterocycles. The number of esters is 1. The van der Waals surface area contributed by atoms with Crippen LogP contribution in [0.15, 0.2) is 47.1 Å². The SMILES string of the molecule is CCc1ccc(C(=O)[C@H](C)OC(=O)[C@@H]2CS[C@H](c3ccco3)N2C(C)=O)cc1. The van der Waals surface area contributed by atoms with Gasteiger partial charge in [0.25, 0.3) is 0 Å². The number of nitrogens with zero attached hydrogens (tertiary/aromatic N) is 1. The Balaban J connectivity index is 1.68. The van der Waals surface area contributed by atoms with Gasteiger partial charge in [-0.05, 0) is 31.0 Å². The first-order valence-corrected chi connectivity index (χ1v) is 10.2. The maximum atomic E-state index is 12.7. The van der Waals surface area contributed by atoms with E-state index >= 15 is 0 Å². The van der Waals surface area contributed by atoms with Crippen molar-refractivity contribution in [3.63, 3.8) is 0 Å². The minimum absolute atomic E-state index is 0.248. The van der Waals surface area contributed by atoms with Gasteiger partial charge in [-0.25, -0.2) is 4.79 Å². The molecule has 6 nitrogen and oxygen atoms in total. The Morgan fingerprint density at radius 2 is 1.96 bits per heavy atom. The molecule has 3 rings (SSSR count). The van der Waals surface area contributed by atoms with Crippen LogP contribution in [0.5, 0.6) is 0 Å². The van der Waals surface area contributed by atoms with Gasteiger partial charge in [-0.3, -0.25) is 9.59 Å². The quantitative estimate of drug-likeness (QED) is 0.544. The maximum absolute atomic E-state index is 12.7. The van der Waals surface area contributed by atoms with Crippen LogP contribution in [0.4, 0.5) is 0 Å². The summed E-state index contributed by atoms with van der Waals surface area (Å²) in [7, 11) is 0. The number of hydrogen-bond donors (Lipinski definition) is 0. The summed E-state index contributed by atoms with van der Waals surface area (Å²) >= 11 is 1.43. The Bertz CT molecular complexity index is 846. The van der Waals surface area contributed by atoms with E-state index in [1.165, 1.54) is 29.8 Å². The van der Waals surface area contributed by atoms with Gasteiger partial charge in [-0.2, -0.15) is 0 Å². The molecule has 2 heterocycles. The second-order valence-electron chi connectivity index (χ2n) is 6.64. The molecular formula is C21H23NO5S. The lowest BCUT2D eigenvalue weighted by Gasteiger charge is -2.26. The highest BCUT2D eigenvalue weighted by Crippen LogP contribution is 2.41. The fraction of sp³-hybridized carbons (Fsp3) is 0.381. The molecule has 148 valence electrons. The van der Waals surface area contributed by atoms with Crippen LogP contribution in [0.25, 0.3) is 0 Å². The summed E-state index contributed by atoms with van der Waals surface area (Å²) in [6.45, 7) is 5.00. The van der Waals surface area contributed by atoms with Crippen molar-refractivity contribution in [3.05, 3.63) is 59.5 Å². The lowest BCUT2D eigenvalue weighted by molar-refractivity contribution is -0.155. The molecule has 3 atom stereocenters. The number of hydrogen-bond acceptors (Lipinski definition) is 6. The summed E-state index contributed by atoms with van der Waals surface area (Å²) in [6, 6.07) is 10.0. The molecule has 7 heteroatoms. The smallest absolute Gasteiger partial charge is 0.330 e. The molecule has 1 amide bonds. The molecule has 2 aromatic rings. The number of amides is 1. The molecule has 1 fully saturated rings. The Labute approximate surface area is 168 Å². The highest BCUT2D eigenvalue weighted by atomic mass is 32.2. The van der Waals surface area contributed by atoms with Crippen LogP contribution in [0, 0.1) is 0 Å². The van der Waals surface area contributed by atoms with E-state index in [0.717, 1.165) is 12.0 Å². The zero-order valence-electron chi connectivity index (χ0n) is 16.1. The van der Waals surface area contributed by atoms with Gasteiger partial charge < -0.3 is 14.1 Å². The largest absolute Gasteiger partial charge is 0.466 e. The van der Waals surface area contributed by atoms with E-state index in [1.807, 2.05) is 19.1 Å². The van der Waals surface area contributed by atoms with Crippen LogP contribution < -0.4 is 0 Å². The number of rotatable bonds is 6. The summed E-state index contributed by atoms with van der Waals surface area (Å²) in [5.41, 5.74) is 1.63. The van der Waals surface area contributed by atoms with Crippen molar-refractivity contribution in [3.8, 4) is 0 Å². The summed E-state index contributed by atoms with van der Waals surface area (Å²) in [5.74, 6) is -0.102. The van der Waals surface area contributed by atoms with E-state index in [-0.39, 0.29) is 17.1 Å². The van der Waals surface area contributed by atoms with Crippen molar-refractivity contribution in [1.29, 1.82) is 0 Å². The summed E-state index contributed by atoms with van der Waals surface area (Å²) in [6.07, 6.45) is 1.49. The number of furan rings is 1. The lowest BCUT2D eigenvalue weighted by Crippen LogP contribution is -2.44. The molecule has 0 N–H and O–H groups in total. The van der Waals surface area contributed by atoms with Crippen molar-refractivity contribution in [2.45, 2.75) is 44.7 Å². The maximum Gasteiger partial charge on any atom is 0.330 e. The lowest BCUT2D eigenvalue weighted by atomic mass is 10.0. The normalized spacial score (nSPS) is 20.0. The Morgan fingerprint density at radius 3 is 2.54 bits per heavy atom. The highest BCUT2D eigenvalue weighted by molar-refractivity contribution is 7.99. The van der Waals surface area contributed by atoms with Crippen LogP contribution in [0.2, 0.25) is 0 Å². The van der Waals surface area contributed by atoms with E-state index in [1.54, 1.807) is 31.2 Å². The Hall–Kier alpha value is -2.54. The molecule has 0 radical (unpaired) electrons. The van der Waals surface area contributed by atoms with Crippen molar-refractivity contribution >= 4 is 29.4 Å². The standard InChI is InChI=1S/C21H23NO5S/c1-4-15-7-9-16(10-8-15)19(24)13(2)27-21(25)17-12-28-20(22(17)14(3)23)18-6-5-11-26-18/h5-11,13,17,20H,4,12H2,1-3H3/t13-,17-,20+/m0/s1. The van der Waals surface area contributed by atoms with Gasteiger partial charge in [0.05, 0.1) is 6.26 Å². The number of Topliss-reactive ketones (excluding diaryl/α,β-unsaturated/α-hetero) is 1. The fourth-order valence-corrected chi connectivity index (χ4v) is 4.58. The van der Waals surface area contributed by atoms with E-state index in [9.17, 15) is 14.4 Å². The van der Waals surface area contributed by atoms with Crippen LogP contribution in [0.3, 0.4) is 0 Å². The number of carbonyl (C=O) groups is 3. The average molecular weight is 401 g/mol. The second-order valence-corrected chi connectivity index (χ2v) is 7.75. The first-order valence-electron chi connectivity index (χ1n) is 9.20. The summed E-state index contributed by atoms with van der Waals surface area (Å²) < 4.78 is 10.8. The average Bonchev–Trinajstić information content (AvgIpc) is 3.36. The minimum atomic E-state index is -0.929. The number of benzene rings is 1. The fourth-order valence-electron chi connectivity index (χ4n) is 3.17. The summed E-state index contributed by atoms with van der Waals surface area (Å²) in [4.78, 5) is 38.9. The predicted molar refractivity (Wildman–Crippen MR) is 106 cm³/mol. The molecule has 1 aliphatic rings. The zero-order chi connectivity index (χ0) is 20.3. The number of thioether (sulfide) groups is 1. The van der Waals surface area contributed by atoms with E-state index in [2.05, 4.69) is 0 Å². The monoisotopic (exact) mass is 401 g/mol. The van der Waals surface area contributed by atoms with Crippen LogP contribution in [0.1, 0.15) is 47.8 Å². The van der Waals surface area contributed by atoms with Gasteiger partial charge in [0, 0.05) is 18.2 Å². The van der Waals surface area contributed by atoms with Gasteiger partial charge in [0.2, 0.25) is 11.7 Å². The van der Waals surface area contributed by atoms with Gasteiger partial charge >= 0.3 is 5.97 Å². The first kappa shape index (κ1) is 20.2. The highest BCUT2D eigenvalue weighted by Gasteiger charge is 2.43. The van der Waals surface area contributed by atoms with Crippen molar-refractivity contribution in [2.75, 3.05) is 5.75 Å². The molecule has 28 heavy (non-hydrogen) atoms. The van der Waals surface area contributed by atoms with Crippen molar-refractivity contribution in [2.24, 2.45) is 0 Å². The Morgan fingerprint density at radius 1 is 1.25 bits per heavy atom. The predicted octanol–water partition coefficient (Wildman–Crippen LogP) is 3.62. The van der Waals surface area contributed by atoms with Gasteiger partial charge in [-0.15, -0.1) is 11.8 Å². The Kier molecular flexibility index (Phi) is 6.24. The van der Waals surface area contributed by atoms with E-state index < -0.39 is 18.1 Å². The number of carbonyl (C=O) groups excluding carboxylic acids is 3. The molecule has 1 aliphatic heterocycles. The molecule has 1 aromatic carbocycles. The van der Waals surface area contributed by atoms with Crippen LogP contribution in [-0.2, 0) is 20.7 Å². The molecule has 0 spiro atoms. The number of aryl methyl sites for hydroxylation is 1. The molecule has 1 saturated heterocycles. The second kappa shape index (κ2) is 8.65. The van der Waals surface area contributed by atoms with Crippen LogP contribution >= 0.6 is 11.8 Å².